The molecule has 30 heavy (non-hydrogen) atoms. The zero-order valence-electron chi connectivity index (χ0n) is 17.2. The number of primary amides is 1. The summed E-state index contributed by atoms with van der Waals surface area (Å²) in [5.74, 6) is -0.368. The molecule has 1 aliphatic rings. The molecule has 1 aliphatic heterocycles. The number of amides is 1. The number of nitrogens with zero attached hydrogens (tertiary/aromatic N) is 3. The van der Waals surface area contributed by atoms with Crippen molar-refractivity contribution >= 4 is 22.4 Å². The SMILES string of the molecule is C\C=C/C(=C\C=C\CC(N)=O)c1cc(CN2CCOCC2)c2ccc(C#N)cc2n1. The summed E-state index contributed by atoms with van der Waals surface area (Å²) in [7, 11) is 0. The summed E-state index contributed by atoms with van der Waals surface area (Å²) in [6.45, 7) is 6.00. The Bertz CT molecular complexity index is 1040. The van der Waals surface area contributed by atoms with Gasteiger partial charge in [0.25, 0.3) is 0 Å². The van der Waals surface area contributed by atoms with Crippen LogP contribution in [0.3, 0.4) is 0 Å². The Balaban J connectivity index is 2.05. The maximum atomic E-state index is 11.0. The molecule has 2 heterocycles. The molecule has 0 spiro atoms. The van der Waals surface area contributed by atoms with Crippen LogP contribution in [0.15, 0.2) is 54.6 Å². The second-order valence-corrected chi connectivity index (χ2v) is 7.12. The molecule has 2 aromatic rings. The van der Waals surface area contributed by atoms with E-state index in [2.05, 4.69) is 17.0 Å². The molecule has 154 valence electrons. The van der Waals surface area contributed by atoms with Crippen LogP contribution in [0.4, 0.5) is 0 Å². The number of allylic oxidation sites excluding steroid dienone is 5. The highest BCUT2D eigenvalue weighted by Crippen LogP contribution is 2.25. The molecule has 0 radical (unpaired) electrons. The van der Waals surface area contributed by atoms with Crippen molar-refractivity contribution in [3.63, 3.8) is 0 Å². The maximum Gasteiger partial charge on any atom is 0.221 e. The number of carbonyl (C=O) groups is 1. The smallest absolute Gasteiger partial charge is 0.221 e. The van der Waals surface area contributed by atoms with E-state index >= 15 is 0 Å². The molecular formula is C24H26N4O2. The van der Waals surface area contributed by atoms with Crippen molar-refractivity contribution in [1.29, 1.82) is 5.26 Å². The third-order valence-electron chi connectivity index (χ3n) is 4.90. The van der Waals surface area contributed by atoms with Gasteiger partial charge in [0.1, 0.15) is 0 Å². The van der Waals surface area contributed by atoms with Crippen LogP contribution < -0.4 is 5.73 Å². The lowest BCUT2D eigenvalue weighted by molar-refractivity contribution is -0.117. The Morgan fingerprint density at radius 2 is 2.13 bits per heavy atom. The van der Waals surface area contributed by atoms with Crippen LogP contribution in [0.1, 0.15) is 30.2 Å². The van der Waals surface area contributed by atoms with Crippen LogP contribution in [0.2, 0.25) is 0 Å². The van der Waals surface area contributed by atoms with E-state index in [4.69, 9.17) is 15.5 Å². The third-order valence-corrected chi connectivity index (χ3v) is 4.90. The molecule has 0 unspecified atom stereocenters. The Morgan fingerprint density at radius 3 is 2.83 bits per heavy atom. The normalized spacial score (nSPS) is 15.8. The number of nitrogens with two attached hydrogens (primary N) is 1. The monoisotopic (exact) mass is 402 g/mol. The highest BCUT2D eigenvalue weighted by atomic mass is 16.5. The second kappa shape index (κ2) is 10.5. The number of hydrogen-bond donors (Lipinski definition) is 1. The average Bonchev–Trinajstić information content (AvgIpc) is 2.76. The zero-order valence-corrected chi connectivity index (χ0v) is 17.2. The number of benzene rings is 1. The predicted molar refractivity (Wildman–Crippen MR) is 118 cm³/mol. The van der Waals surface area contributed by atoms with Gasteiger partial charge in [0.05, 0.1) is 36.1 Å². The van der Waals surface area contributed by atoms with Crippen LogP contribution in [-0.2, 0) is 16.1 Å². The first kappa shape index (κ1) is 21.4. The number of pyridine rings is 1. The molecule has 0 aliphatic carbocycles. The number of morpholine rings is 1. The molecule has 1 saturated heterocycles. The molecule has 1 amide bonds. The Kier molecular flexibility index (Phi) is 7.50. The van der Waals surface area contributed by atoms with Crippen molar-refractivity contribution in [3.05, 3.63) is 71.5 Å². The van der Waals surface area contributed by atoms with Crippen molar-refractivity contribution in [3.8, 4) is 6.07 Å². The molecule has 0 atom stereocenters. The number of hydrogen-bond acceptors (Lipinski definition) is 5. The standard InChI is InChI=1S/C24H26N4O2/c1-2-5-19(6-3-4-7-24(26)29)22-15-20(17-28-10-12-30-13-11-28)21-9-8-18(16-25)14-23(21)27-22/h2-6,8-9,14-15H,7,10-13,17H2,1H3,(H2,26,29)/b4-3+,5-2-,19-6+. The van der Waals surface area contributed by atoms with Crippen LogP contribution in [0.25, 0.3) is 16.5 Å². The highest BCUT2D eigenvalue weighted by Gasteiger charge is 2.15. The Hall–Kier alpha value is -3.27. The van der Waals surface area contributed by atoms with E-state index in [1.807, 2.05) is 49.4 Å². The lowest BCUT2D eigenvalue weighted by atomic mass is 10.0. The third kappa shape index (κ3) is 5.63. The molecule has 2 N–H and O–H groups in total. The molecule has 1 fully saturated rings. The summed E-state index contributed by atoms with van der Waals surface area (Å²) in [6, 6.07) is 9.95. The molecule has 1 aromatic heterocycles. The molecule has 3 rings (SSSR count). The van der Waals surface area contributed by atoms with Crippen molar-refractivity contribution < 1.29 is 9.53 Å². The number of aromatic nitrogens is 1. The second-order valence-electron chi connectivity index (χ2n) is 7.12. The van der Waals surface area contributed by atoms with E-state index in [1.165, 1.54) is 0 Å². The van der Waals surface area contributed by atoms with Crippen molar-refractivity contribution in [1.82, 2.24) is 9.88 Å². The number of ether oxygens (including phenoxy) is 1. The van der Waals surface area contributed by atoms with Gasteiger partial charge < -0.3 is 10.5 Å². The van der Waals surface area contributed by atoms with E-state index in [-0.39, 0.29) is 12.3 Å². The van der Waals surface area contributed by atoms with Gasteiger partial charge in [0.2, 0.25) is 5.91 Å². The summed E-state index contributed by atoms with van der Waals surface area (Å²) in [6.07, 6.45) is 9.60. The summed E-state index contributed by atoms with van der Waals surface area (Å²) < 4.78 is 5.47. The van der Waals surface area contributed by atoms with E-state index < -0.39 is 0 Å². The minimum absolute atomic E-state index is 0.193. The molecule has 6 heteroatoms. The fourth-order valence-corrected chi connectivity index (χ4v) is 3.41. The van der Waals surface area contributed by atoms with E-state index in [9.17, 15) is 10.1 Å². The van der Waals surface area contributed by atoms with Gasteiger partial charge in [0, 0.05) is 31.4 Å². The van der Waals surface area contributed by atoms with Gasteiger partial charge in [-0.2, -0.15) is 5.26 Å². The number of carbonyl (C=O) groups excluding carboxylic acids is 1. The minimum Gasteiger partial charge on any atom is -0.379 e. The van der Waals surface area contributed by atoms with Gasteiger partial charge in [0.15, 0.2) is 0 Å². The minimum atomic E-state index is -0.368. The van der Waals surface area contributed by atoms with Crippen LogP contribution in [-0.4, -0.2) is 42.1 Å². The van der Waals surface area contributed by atoms with E-state index in [0.717, 1.165) is 60.6 Å². The number of nitriles is 1. The fourth-order valence-electron chi connectivity index (χ4n) is 3.41. The Labute approximate surface area is 176 Å². The molecule has 0 saturated carbocycles. The van der Waals surface area contributed by atoms with Crippen molar-refractivity contribution in [2.24, 2.45) is 5.73 Å². The highest BCUT2D eigenvalue weighted by molar-refractivity contribution is 5.87. The lowest BCUT2D eigenvalue weighted by Gasteiger charge is -2.27. The first-order chi connectivity index (χ1) is 14.6. The molecule has 6 nitrogen and oxygen atoms in total. The summed E-state index contributed by atoms with van der Waals surface area (Å²) in [5.41, 5.74) is 9.49. The van der Waals surface area contributed by atoms with Gasteiger partial charge in [-0.3, -0.25) is 9.69 Å². The summed E-state index contributed by atoms with van der Waals surface area (Å²) >= 11 is 0. The largest absolute Gasteiger partial charge is 0.379 e. The number of fused-ring (bicyclic) bond motifs is 1. The quantitative estimate of drug-likeness (QED) is 0.717. The van der Waals surface area contributed by atoms with Crippen molar-refractivity contribution in [2.75, 3.05) is 26.3 Å². The molecular weight excluding hydrogens is 376 g/mol. The van der Waals surface area contributed by atoms with Gasteiger partial charge in [-0.15, -0.1) is 0 Å². The first-order valence-corrected chi connectivity index (χ1v) is 10.0. The average molecular weight is 402 g/mol. The van der Waals surface area contributed by atoms with Gasteiger partial charge in [-0.05, 0) is 36.3 Å². The predicted octanol–water partition coefficient (Wildman–Crippen LogP) is 3.33. The first-order valence-electron chi connectivity index (χ1n) is 10.0. The summed E-state index contributed by atoms with van der Waals surface area (Å²) in [4.78, 5) is 18.2. The topological polar surface area (TPSA) is 92.2 Å². The zero-order chi connectivity index (χ0) is 21.3. The Morgan fingerprint density at radius 1 is 1.33 bits per heavy atom. The van der Waals surface area contributed by atoms with Gasteiger partial charge in [-0.25, -0.2) is 4.98 Å². The number of rotatable bonds is 7. The van der Waals surface area contributed by atoms with Crippen molar-refractivity contribution in [2.45, 2.75) is 19.9 Å². The van der Waals surface area contributed by atoms with Gasteiger partial charge in [-0.1, -0.05) is 36.4 Å². The fraction of sp³-hybridized carbons (Fsp3) is 0.292. The van der Waals surface area contributed by atoms with Crippen LogP contribution >= 0.6 is 0 Å². The van der Waals surface area contributed by atoms with E-state index in [0.29, 0.717) is 5.56 Å². The van der Waals surface area contributed by atoms with Crippen LogP contribution in [0.5, 0.6) is 0 Å². The molecule has 1 aromatic carbocycles. The van der Waals surface area contributed by atoms with Crippen LogP contribution in [0, 0.1) is 11.3 Å². The lowest BCUT2D eigenvalue weighted by Crippen LogP contribution is -2.35. The van der Waals surface area contributed by atoms with E-state index in [1.54, 1.807) is 6.08 Å². The summed E-state index contributed by atoms with van der Waals surface area (Å²) in [5, 5.41) is 10.4. The molecule has 0 bridgehead atoms. The maximum absolute atomic E-state index is 11.0. The van der Waals surface area contributed by atoms with Gasteiger partial charge >= 0.3 is 0 Å².